The number of carbonyl (C=O) groups is 2. The zero-order chi connectivity index (χ0) is 26.1. The van der Waals surface area contributed by atoms with E-state index < -0.39 is 17.9 Å². The van der Waals surface area contributed by atoms with Gasteiger partial charge in [-0.3, -0.25) is 9.59 Å². The fraction of sp³-hybridized carbons (Fsp3) is 0.0714. The first-order valence-electron chi connectivity index (χ1n) is 11.3. The zero-order valence-electron chi connectivity index (χ0n) is 19.2. The second kappa shape index (κ2) is 10.0. The molecular weight excluding hydrogens is 513 g/mol. The Balaban J connectivity index is 1.71. The van der Waals surface area contributed by atoms with Crippen LogP contribution in [0.2, 0.25) is 10.0 Å². The van der Waals surface area contributed by atoms with Gasteiger partial charge in [0, 0.05) is 45.1 Å². The molecule has 9 heteroatoms. The SMILES string of the molecule is O=C(O)/C=C/C(=O)N1N=C(c2c(-c3ccc(Cl)cc3)c3ccccc3[nH]c2=O)C[C@H]1c1ccc(Cl)cc1. The molecule has 1 aromatic heterocycles. The first-order chi connectivity index (χ1) is 17.8. The Kier molecular flexibility index (Phi) is 6.65. The summed E-state index contributed by atoms with van der Waals surface area (Å²) in [6.07, 6.45) is 1.94. The average Bonchev–Trinajstić information content (AvgIpc) is 3.32. The highest BCUT2D eigenvalue weighted by molar-refractivity contribution is 6.31. The maximum atomic E-state index is 13.5. The first-order valence-corrected chi connectivity index (χ1v) is 12.1. The number of rotatable bonds is 5. The Morgan fingerprint density at radius 2 is 1.57 bits per heavy atom. The highest BCUT2D eigenvalue weighted by Crippen LogP contribution is 2.37. The van der Waals surface area contributed by atoms with Crippen molar-refractivity contribution in [1.82, 2.24) is 9.99 Å². The van der Waals surface area contributed by atoms with Crippen molar-refractivity contribution in [2.75, 3.05) is 0 Å². The monoisotopic (exact) mass is 531 g/mol. The Bertz CT molecular complexity index is 1640. The van der Waals surface area contributed by atoms with Crippen LogP contribution in [0, 0.1) is 0 Å². The summed E-state index contributed by atoms with van der Waals surface area (Å²) in [5.41, 5.74) is 3.21. The van der Waals surface area contributed by atoms with Crippen molar-refractivity contribution in [2.45, 2.75) is 12.5 Å². The fourth-order valence-corrected chi connectivity index (χ4v) is 4.71. The Labute approximate surface area is 221 Å². The predicted molar refractivity (Wildman–Crippen MR) is 144 cm³/mol. The molecule has 1 aliphatic heterocycles. The first kappa shape index (κ1) is 24.5. The van der Waals surface area contributed by atoms with Crippen molar-refractivity contribution in [3.8, 4) is 11.1 Å². The zero-order valence-corrected chi connectivity index (χ0v) is 20.7. The molecule has 1 atom stereocenters. The molecule has 37 heavy (non-hydrogen) atoms. The number of amides is 1. The van der Waals surface area contributed by atoms with E-state index in [0.717, 1.165) is 28.7 Å². The molecule has 7 nitrogen and oxygen atoms in total. The molecule has 1 aliphatic rings. The number of halogens is 2. The number of aliphatic carboxylic acids is 1. The molecule has 0 unspecified atom stereocenters. The summed E-state index contributed by atoms with van der Waals surface area (Å²) in [5.74, 6) is -1.88. The van der Waals surface area contributed by atoms with Crippen molar-refractivity contribution >= 4 is 51.7 Å². The molecule has 0 bridgehead atoms. The van der Waals surface area contributed by atoms with Gasteiger partial charge in [0.25, 0.3) is 11.5 Å². The maximum absolute atomic E-state index is 13.5. The molecule has 2 N–H and O–H groups in total. The van der Waals surface area contributed by atoms with Gasteiger partial charge in [-0.25, -0.2) is 9.80 Å². The van der Waals surface area contributed by atoms with Gasteiger partial charge < -0.3 is 10.1 Å². The van der Waals surface area contributed by atoms with Crippen LogP contribution in [0.1, 0.15) is 23.6 Å². The number of nitrogens with zero attached hydrogens (tertiary/aromatic N) is 2. The average molecular weight is 532 g/mol. The van der Waals surface area contributed by atoms with E-state index in [4.69, 9.17) is 28.3 Å². The molecule has 0 aliphatic carbocycles. The largest absolute Gasteiger partial charge is 0.478 e. The number of fused-ring (bicyclic) bond motifs is 1. The number of aromatic amines is 1. The summed E-state index contributed by atoms with van der Waals surface area (Å²) in [6.45, 7) is 0. The summed E-state index contributed by atoms with van der Waals surface area (Å²) in [4.78, 5) is 40.4. The van der Waals surface area contributed by atoms with Gasteiger partial charge >= 0.3 is 5.97 Å². The van der Waals surface area contributed by atoms with E-state index in [1.165, 1.54) is 5.01 Å². The number of hydrazone groups is 1. The Hall–Kier alpha value is -4.20. The number of hydrogen-bond donors (Lipinski definition) is 2. The van der Waals surface area contributed by atoms with Crippen molar-refractivity contribution in [3.63, 3.8) is 0 Å². The van der Waals surface area contributed by atoms with Crippen LogP contribution in [0.15, 0.2) is 94.8 Å². The third kappa shape index (κ3) is 4.91. The van der Waals surface area contributed by atoms with Gasteiger partial charge in [-0.05, 0) is 41.5 Å². The minimum atomic E-state index is -1.25. The van der Waals surface area contributed by atoms with Crippen molar-refractivity contribution in [1.29, 1.82) is 0 Å². The second-order valence-corrected chi connectivity index (χ2v) is 9.30. The molecule has 184 valence electrons. The molecule has 3 aromatic carbocycles. The van der Waals surface area contributed by atoms with E-state index in [2.05, 4.69) is 10.1 Å². The van der Waals surface area contributed by atoms with E-state index in [0.29, 0.717) is 32.4 Å². The normalized spacial score (nSPS) is 15.4. The highest BCUT2D eigenvalue weighted by atomic mass is 35.5. The molecule has 4 aromatic rings. The van der Waals surface area contributed by atoms with Crippen LogP contribution in [0.25, 0.3) is 22.0 Å². The van der Waals surface area contributed by atoms with E-state index in [-0.39, 0.29) is 12.0 Å². The molecule has 5 rings (SSSR count). The summed E-state index contributed by atoms with van der Waals surface area (Å²) in [6, 6.07) is 21.0. The van der Waals surface area contributed by atoms with Gasteiger partial charge in [-0.1, -0.05) is 65.7 Å². The molecule has 0 saturated heterocycles. The van der Waals surface area contributed by atoms with Crippen LogP contribution >= 0.6 is 23.2 Å². The maximum Gasteiger partial charge on any atom is 0.328 e. The quantitative estimate of drug-likeness (QED) is 0.316. The number of carbonyl (C=O) groups excluding carboxylic acids is 1. The van der Waals surface area contributed by atoms with Gasteiger partial charge in [-0.15, -0.1) is 0 Å². The van der Waals surface area contributed by atoms with Gasteiger partial charge in [0.2, 0.25) is 0 Å². The Morgan fingerprint density at radius 1 is 0.919 bits per heavy atom. The van der Waals surface area contributed by atoms with Crippen LogP contribution in [-0.2, 0) is 9.59 Å². The fourth-order valence-electron chi connectivity index (χ4n) is 4.46. The molecule has 0 saturated carbocycles. The van der Waals surface area contributed by atoms with E-state index in [1.54, 1.807) is 36.4 Å². The third-order valence-electron chi connectivity index (χ3n) is 6.10. The smallest absolute Gasteiger partial charge is 0.328 e. The van der Waals surface area contributed by atoms with Crippen LogP contribution in [0.4, 0.5) is 0 Å². The third-order valence-corrected chi connectivity index (χ3v) is 6.61. The van der Waals surface area contributed by atoms with E-state index in [9.17, 15) is 14.4 Å². The number of H-pyrrole nitrogens is 1. The highest BCUT2D eigenvalue weighted by Gasteiger charge is 2.34. The number of nitrogens with one attached hydrogen (secondary N) is 1. The minimum Gasteiger partial charge on any atom is -0.478 e. The lowest BCUT2D eigenvalue weighted by Gasteiger charge is -2.20. The van der Waals surface area contributed by atoms with E-state index >= 15 is 0 Å². The molecular formula is C28H19Cl2N3O4. The topological polar surface area (TPSA) is 103 Å². The lowest BCUT2D eigenvalue weighted by Crippen LogP contribution is -2.25. The van der Waals surface area contributed by atoms with Gasteiger partial charge in [0.1, 0.15) is 0 Å². The second-order valence-electron chi connectivity index (χ2n) is 8.43. The number of carboxylic acid groups (broad SMARTS) is 1. The number of aromatic nitrogens is 1. The molecule has 1 amide bonds. The number of para-hydroxylation sites is 1. The number of hydrogen-bond acceptors (Lipinski definition) is 4. The Morgan fingerprint density at radius 3 is 2.24 bits per heavy atom. The van der Waals surface area contributed by atoms with Crippen LogP contribution in [0.5, 0.6) is 0 Å². The lowest BCUT2D eigenvalue weighted by atomic mass is 9.91. The van der Waals surface area contributed by atoms with Gasteiger partial charge in [0.05, 0.1) is 17.3 Å². The number of benzene rings is 3. The van der Waals surface area contributed by atoms with Crippen LogP contribution in [-0.4, -0.2) is 32.7 Å². The predicted octanol–water partition coefficient (Wildman–Crippen LogP) is 5.82. The molecule has 0 fully saturated rings. The lowest BCUT2D eigenvalue weighted by molar-refractivity contribution is -0.132. The van der Waals surface area contributed by atoms with Gasteiger partial charge in [-0.2, -0.15) is 5.10 Å². The minimum absolute atomic E-state index is 0.232. The van der Waals surface area contributed by atoms with Crippen molar-refractivity contribution < 1.29 is 14.7 Å². The van der Waals surface area contributed by atoms with E-state index in [1.807, 2.05) is 36.4 Å². The standard InChI is InChI=1S/C28H19Cl2N3O4/c29-18-9-5-16(6-10-18)23-15-22(32-33(23)24(34)13-14-25(35)36)27-26(17-7-11-19(30)12-8-17)20-3-1-2-4-21(20)31-28(27)37/h1-14,23H,15H2,(H,31,37)(H,35,36)/b14-13+/t23-/m0/s1. The van der Waals surface area contributed by atoms with Gasteiger partial charge in [0.15, 0.2) is 0 Å². The summed E-state index contributed by atoms with van der Waals surface area (Å²) >= 11 is 12.2. The summed E-state index contributed by atoms with van der Waals surface area (Å²) in [5, 5.41) is 16.7. The number of pyridine rings is 1. The molecule has 0 spiro atoms. The summed E-state index contributed by atoms with van der Waals surface area (Å²) < 4.78 is 0. The van der Waals surface area contributed by atoms with Crippen LogP contribution in [0.3, 0.4) is 0 Å². The van der Waals surface area contributed by atoms with Crippen LogP contribution < -0.4 is 5.56 Å². The van der Waals surface area contributed by atoms with Crippen molar-refractivity contribution in [3.05, 3.63) is 116 Å². The number of carboxylic acids is 1. The molecule has 0 radical (unpaired) electrons. The van der Waals surface area contributed by atoms with Crippen molar-refractivity contribution in [2.24, 2.45) is 5.10 Å². The molecule has 2 heterocycles. The summed E-state index contributed by atoms with van der Waals surface area (Å²) in [7, 11) is 0.